The summed E-state index contributed by atoms with van der Waals surface area (Å²) in [6.45, 7) is 9.56. The average molecular weight is 253 g/mol. The first-order valence-electron chi connectivity index (χ1n) is 5.57. The molecule has 0 spiro atoms. The number of aryl methyl sites for hydroxylation is 3. The Bertz CT molecular complexity index is 495. The zero-order valence-electron chi connectivity index (χ0n) is 10.6. The maximum Gasteiger partial charge on any atom is 0.241 e. The van der Waals surface area contributed by atoms with Gasteiger partial charge in [0.1, 0.15) is 0 Å². The van der Waals surface area contributed by atoms with Gasteiger partial charge >= 0.3 is 0 Å². The molecule has 0 unspecified atom stereocenters. The van der Waals surface area contributed by atoms with E-state index in [1.54, 1.807) is 6.08 Å². The number of hydrogen-bond donors (Lipinski definition) is 1. The van der Waals surface area contributed by atoms with Gasteiger partial charge in [0, 0.05) is 6.54 Å². The zero-order valence-corrected chi connectivity index (χ0v) is 11.4. The molecule has 0 amide bonds. The molecule has 0 aliphatic rings. The Morgan fingerprint density at radius 1 is 1.24 bits per heavy atom. The molecule has 1 aromatic carbocycles. The lowest BCUT2D eigenvalue weighted by molar-refractivity contribution is 0.581. The number of nitrogens with one attached hydrogen (secondary N) is 1. The fourth-order valence-electron chi connectivity index (χ4n) is 1.96. The van der Waals surface area contributed by atoms with Crippen LogP contribution in [0.1, 0.15) is 23.1 Å². The standard InChI is InChI=1S/C13H19NO2S/c1-5-6-7-14-17(15,16)13-11(3)8-10(2)9-12(13)4/h5,8-9,14H,1,6-7H2,2-4H3. The molecule has 4 heteroatoms. The van der Waals surface area contributed by atoms with Crippen LogP contribution in [-0.2, 0) is 10.0 Å². The molecule has 0 bridgehead atoms. The molecular weight excluding hydrogens is 234 g/mol. The third kappa shape index (κ3) is 3.41. The molecule has 1 aromatic rings. The van der Waals surface area contributed by atoms with Gasteiger partial charge in [0.25, 0.3) is 0 Å². The highest BCUT2D eigenvalue weighted by Gasteiger charge is 2.18. The molecule has 0 aliphatic heterocycles. The molecule has 0 saturated carbocycles. The molecular formula is C13H19NO2S. The number of rotatable bonds is 5. The van der Waals surface area contributed by atoms with Crippen molar-refractivity contribution in [1.82, 2.24) is 4.72 Å². The van der Waals surface area contributed by atoms with Gasteiger partial charge in [-0.05, 0) is 38.3 Å². The smallest absolute Gasteiger partial charge is 0.211 e. The van der Waals surface area contributed by atoms with E-state index in [1.807, 2.05) is 32.9 Å². The van der Waals surface area contributed by atoms with Crippen LogP contribution in [0.25, 0.3) is 0 Å². The molecule has 0 aromatic heterocycles. The molecule has 0 atom stereocenters. The lowest BCUT2D eigenvalue weighted by Crippen LogP contribution is -2.26. The quantitative estimate of drug-likeness (QED) is 0.647. The van der Waals surface area contributed by atoms with Gasteiger partial charge in [-0.3, -0.25) is 0 Å². The van der Waals surface area contributed by atoms with Gasteiger partial charge in [-0.25, -0.2) is 13.1 Å². The molecule has 0 fully saturated rings. The van der Waals surface area contributed by atoms with Gasteiger partial charge in [0.05, 0.1) is 4.90 Å². The van der Waals surface area contributed by atoms with E-state index in [2.05, 4.69) is 11.3 Å². The molecule has 0 radical (unpaired) electrons. The number of benzene rings is 1. The average Bonchev–Trinajstić information content (AvgIpc) is 2.15. The molecule has 1 N–H and O–H groups in total. The number of sulfonamides is 1. The van der Waals surface area contributed by atoms with E-state index in [-0.39, 0.29) is 0 Å². The monoisotopic (exact) mass is 253 g/mol. The highest BCUT2D eigenvalue weighted by molar-refractivity contribution is 7.89. The van der Waals surface area contributed by atoms with Gasteiger partial charge in [-0.1, -0.05) is 23.8 Å². The molecule has 17 heavy (non-hydrogen) atoms. The lowest BCUT2D eigenvalue weighted by atomic mass is 10.1. The highest BCUT2D eigenvalue weighted by Crippen LogP contribution is 2.21. The van der Waals surface area contributed by atoms with E-state index in [0.29, 0.717) is 17.9 Å². The summed E-state index contributed by atoms with van der Waals surface area (Å²) >= 11 is 0. The Balaban J connectivity index is 3.11. The van der Waals surface area contributed by atoms with Crippen LogP contribution in [0.4, 0.5) is 0 Å². The molecule has 3 nitrogen and oxygen atoms in total. The fraction of sp³-hybridized carbons (Fsp3) is 0.385. The first-order valence-corrected chi connectivity index (χ1v) is 7.05. The third-order valence-corrected chi connectivity index (χ3v) is 4.28. The van der Waals surface area contributed by atoms with Gasteiger partial charge < -0.3 is 0 Å². The van der Waals surface area contributed by atoms with Crippen LogP contribution in [0, 0.1) is 20.8 Å². The van der Waals surface area contributed by atoms with E-state index >= 15 is 0 Å². The van der Waals surface area contributed by atoms with E-state index in [9.17, 15) is 8.42 Å². The van der Waals surface area contributed by atoms with Gasteiger partial charge in [0.15, 0.2) is 0 Å². The maximum atomic E-state index is 12.1. The van der Waals surface area contributed by atoms with Crippen LogP contribution < -0.4 is 4.72 Å². The fourth-order valence-corrected chi connectivity index (χ4v) is 3.45. The summed E-state index contributed by atoms with van der Waals surface area (Å²) in [6.07, 6.45) is 2.32. The van der Waals surface area contributed by atoms with Crippen molar-refractivity contribution in [1.29, 1.82) is 0 Å². The Morgan fingerprint density at radius 3 is 2.24 bits per heavy atom. The topological polar surface area (TPSA) is 46.2 Å². The Hall–Kier alpha value is -1.13. The van der Waals surface area contributed by atoms with Crippen molar-refractivity contribution in [3.63, 3.8) is 0 Å². The normalized spacial score (nSPS) is 11.5. The molecule has 1 rings (SSSR count). The van der Waals surface area contributed by atoms with Gasteiger partial charge in [-0.2, -0.15) is 0 Å². The third-order valence-electron chi connectivity index (χ3n) is 2.51. The summed E-state index contributed by atoms with van der Waals surface area (Å²) < 4.78 is 26.8. The van der Waals surface area contributed by atoms with Crippen LogP contribution in [0.15, 0.2) is 29.7 Å². The predicted molar refractivity (Wildman–Crippen MR) is 70.7 cm³/mol. The minimum atomic E-state index is -3.41. The van der Waals surface area contributed by atoms with Crippen LogP contribution in [0.3, 0.4) is 0 Å². The van der Waals surface area contributed by atoms with Crippen molar-refractivity contribution < 1.29 is 8.42 Å². The van der Waals surface area contributed by atoms with E-state index in [4.69, 9.17) is 0 Å². The first kappa shape index (κ1) is 13.9. The summed E-state index contributed by atoms with van der Waals surface area (Å²) in [5.41, 5.74) is 2.65. The second-order valence-corrected chi connectivity index (χ2v) is 5.91. The van der Waals surface area contributed by atoms with Crippen molar-refractivity contribution in [2.45, 2.75) is 32.1 Å². The number of hydrogen-bond acceptors (Lipinski definition) is 2. The summed E-state index contributed by atoms with van der Waals surface area (Å²) in [5, 5.41) is 0. The minimum Gasteiger partial charge on any atom is -0.211 e. The highest BCUT2D eigenvalue weighted by atomic mass is 32.2. The Morgan fingerprint density at radius 2 is 1.76 bits per heavy atom. The van der Waals surface area contributed by atoms with Gasteiger partial charge in [0.2, 0.25) is 10.0 Å². The second kappa shape index (κ2) is 5.47. The molecule has 0 aliphatic carbocycles. The second-order valence-electron chi connectivity index (χ2n) is 4.20. The van der Waals surface area contributed by atoms with Crippen LogP contribution >= 0.6 is 0 Å². The van der Waals surface area contributed by atoms with Gasteiger partial charge in [-0.15, -0.1) is 6.58 Å². The summed E-state index contributed by atoms with van der Waals surface area (Å²) in [7, 11) is -3.41. The Labute approximate surface area is 104 Å². The zero-order chi connectivity index (χ0) is 13.1. The lowest BCUT2D eigenvalue weighted by Gasteiger charge is -2.12. The SMILES string of the molecule is C=CCCNS(=O)(=O)c1c(C)cc(C)cc1C. The molecule has 94 valence electrons. The van der Waals surface area contributed by atoms with Crippen LogP contribution in [0.5, 0.6) is 0 Å². The van der Waals surface area contributed by atoms with Crippen molar-refractivity contribution in [3.05, 3.63) is 41.5 Å². The predicted octanol–water partition coefficient (Wildman–Crippen LogP) is 2.47. The summed E-state index contributed by atoms with van der Waals surface area (Å²) in [4.78, 5) is 0.396. The minimum absolute atomic E-state index is 0.387. The molecule has 0 heterocycles. The summed E-state index contributed by atoms with van der Waals surface area (Å²) in [5.74, 6) is 0. The van der Waals surface area contributed by atoms with Crippen molar-refractivity contribution in [3.8, 4) is 0 Å². The van der Waals surface area contributed by atoms with E-state index in [1.165, 1.54) is 0 Å². The maximum absolute atomic E-state index is 12.1. The summed E-state index contributed by atoms with van der Waals surface area (Å²) in [6, 6.07) is 3.77. The van der Waals surface area contributed by atoms with Crippen molar-refractivity contribution >= 4 is 10.0 Å². The molecule has 0 saturated heterocycles. The first-order chi connectivity index (χ1) is 7.88. The van der Waals surface area contributed by atoms with Crippen LogP contribution in [-0.4, -0.2) is 15.0 Å². The Kier molecular flexibility index (Phi) is 4.48. The van der Waals surface area contributed by atoms with Crippen LogP contribution in [0.2, 0.25) is 0 Å². The van der Waals surface area contributed by atoms with Crippen molar-refractivity contribution in [2.75, 3.05) is 6.54 Å². The largest absolute Gasteiger partial charge is 0.241 e. The van der Waals surface area contributed by atoms with E-state index in [0.717, 1.165) is 16.7 Å². The van der Waals surface area contributed by atoms with Crippen molar-refractivity contribution in [2.24, 2.45) is 0 Å². The van der Waals surface area contributed by atoms with E-state index < -0.39 is 10.0 Å².